The predicted molar refractivity (Wildman–Crippen MR) is 105 cm³/mol. The van der Waals surface area contributed by atoms with Gasteiger partial charge in [0, 0.05) is 29.9 Å². The molecule has 0 spiro atoms. The zero-order chi connectivity index (χ0) is 20.9. The second-order valence-corrected chi connectivity index (χ2v) is 6.70. The van der Waals surface area contributed by atoms with Crippen molar-refractivity contribution in [1.29, 1.82) is 0 Å². The summed E-state index contributed by atoms with van der Waals surface area (Å²) >= 11 is 0. The molecule has 0 radical (unpaired) electrons. The van der Waals surface area contributed by atoms with Crippen LogP contribution >= 0.6 is 0 Å². The molecule has 0 bridgehead atoms. The van der Waals surface area contributed by atoms with Crippen LogP contribution in [0, 0.1) is 6.92 Å². The molecule has 3 aromatic heterocycles. The van der Waals surface area contributed by atoms with Gasteiger partial charge in [-0.1, -0.05) is 22.9 Å². The fourth-order valence-electron chi connectivity index (χ4n) is 2.70. The molecule has 0 N–H and O–H groups in total. The monoisotopic (exact) mass is 405 g/mol. The van der Waals surface area contributed by atoms with Gasteiger partial charge >= 0.3 is 5.97 Å². The topological polar surface area (TPSA) is 117 Å². The Hall–Kier alpha value is -3.88. The highest BCUT2D eigenvalue weighted by Crippen LogP contribution is 2.21. The first-order chi connectivity index (χ1) is 14.6. The van der Waals surface area contributed by atoms with E-state index in [9.17, 15) is 4.79 Å². The van der Waals surface area contributed by atoms with Crippen LogP contribution in [0.4, 0.5) is 0 Å². The van der Waals surface area contributed by atoms with Crippen molar-refractivity contribution in [1.82, 2.24) is 25.3 Å². The van der Waals surface area contributed by atoms with E-state index in [1.165, 1.54) is 0 Å². The summed E-state index contributed by atoms with van der Waals surface area (Å²) in [6.07, 6.45) is 2.96. The van der Waals surface area contributed by atoms with E-state index in [0.717, 1.165) is 11.1 Å². The second-order valence-electron chi connectivity index (χ2n) is 6.70. The number of nitrogens with zero attached hydrogens (tertiary/aromatic N) is 5. The van der Waals surface area contributed by atoms with Crippen molar-refractivity contribution in [3.63, 3.8) is 0 Å². The minimum atomic E-state index is -0.679. The number of hydrogen-bond donors (Lipinski definition) is 0. The number of hydrogen-bond acceptors (Lipinski definition) is 9. The standard InChI is InChI=1S/C21H19N5O4/c1-13-5-7-15(8-6-13)21-25-24-17(29-21)9-10-18(27)28-14(2)20-23-19(26-30-20)16-4-3-11-22-12-16/h3-8,11-12,14H,9-10H2,1-2H3. The highest BCUT2D eigenvalue weighted by molar-refractivity contribution is 5.69. The zero-order valence-corrected chi connectivity index (χ0v) is 16.5. The van der Waals surface area contributed by atoms with Crippen LogP contribution in [0.1, 0.15) is 36.8 Å². The molecule has 9 heteroatoms. The maximum absolute atomic E-state index is 12.2. The van der Waals surface area contributed by atoms with Crippen LogP contribution in [0.3, 0.4) is 0 Å². The van der Waals surface area contributed by atoms with Gasteiger partial charge in [-0.15, -0.1) is 10.2 Å². The molecule has 30 heavy (non-hydrogen) atoms. The van der Waals surface area contributed by atoms with Crippen LogP contribution in [0.2, 0.25) is 0 Å². The van der Waals surface area contributed by atoms with Gasteiger partial charge in [-0.25, -0.2) is 0 Å². The van der Waals surface area contributed by atoms with Gasteiger partial charge in [0.05, 0.1) is 6.42 Å². The summed E-state index contributed by atoms with van der Waals surface area (Å²) in [6, 6.07) is 11.3. The number of carbonyl (C=O) groups excluding carboxylic acids is 1. The van der Waals surface area contributed by atoms with Crippen molar-refractivity contribution in [2.24, 2.45) is 0 Å². The quantitative estimate of drug-likeness (QED) is 0.424. The molecule has 0 aliphatic carbocycles. The van der Waals surface area contributed by atoms with E-state index in [1.54, 1.807) is 25.4 Å². The molecular weight excluding hydrogens is 386 g/mol. The number of ether oxygens (including phenoxy) is 1. The number of pyridine rings is 1. The normalized spacial score (nSPS) is 11.9. The van der Waals surface area contributed by atoms with Crippen molar-refractivity contribution in [2.45, 2.75) is 32.8 Å². The van der Waals surface area contributed by atoms with Gasteiger partial charge in [0.2, 0.25) is 17.6 Å². The molecule has 0 amide bonds. The second kappa shape index (κ2) is 8.64. The third-order valence-electron chi connectivity index (χ3n) is 4.33. The van der Waals surface area contributed by atoms with Crippen LogP contribution in [0.5, 0.6) is 0 Å². The molecular formula is C21H19N5O4. The summed E-state index contributed by atoms with van der Waals surface area (Å²) in [5.41, 5.74) is 2.69. The first kappa shape index (κ1) is 19.4. The summed E-state index contributed by atoms with van der Waals surface area (Å²) in [5.74, 6) is 0.947. The smallest absolute Gasteiger partial charge is 0.307 e. The summed E-state index contributed by atoms with van der Waals surface area (Å²) in [6.45, 7) is 3.67. The minimum absolute atomic E-state index is 0.0868. The van der Waals surface area contributed by atoms with Crippen LogP contribution < -0.4 is 0 Å². The number of rotatable bonds is 7. The highest BCUT2D eigenvalue weighted by atomic mass is 16.6. The molecule has 0 aliphatic heterocycles. The summed E-state index contributed by atoms with van der Waals surface area (Å²) in [5, 5.41) is 11.9. The Morgan fingerprint density at radius 2 is 1.97 bits per heavy atom. The number of benzene rings is 1. The van der Waals surface area contributed by atoms with E-state index in [2.05, 4.69) is 25.3 Å². The number of esters is 1. The van der Waals surface area contributed by atoms with E-state index in [0.29, 0.717) is 23.2 Å². The Kier molecular flexibility index (Phi) is 5.60. The fourth-order valence-corrected chi connectivity index (χ4v) is 2.70. The Morgan fingerprint density at radius 3 is 2.73 bits per heavy atom. The van der Waals surface area contributed by atoms with Crippen LogP contribution in [-0.4, -0.2) is 31.3 Å². The molecule has 0 saturated carbocycles. The van der Waals surface area contributed by atoms with E-state index < -0.39 is 12.1 Å². The maximum Gasteiger partial charge on any atom is 0.307 e. The van der Waals surface area contributed by atoms with E-state index in [-0.39, 0.29) is 18.7 Å². The molecule has 4 aromatic rings. The van der Waals surface area contributed by atoms with Gasteiger partial charge in [-0.2, -0.15) is 4.98 Å². The Labute approximate surface area is 172 Å². The lowest BCUT2D eigenvalue weighted by molar-refractivity contribution is -0.149. The molecule has 0 fully saturated rings. The molecule has 0 saturated heterocycles. The van der Waals surface area contributed by atoms with Crippen molar-refractivity contribution in [3.05, 3.63) is 66.1 Å². The predicted octanol–water partition coefficient (Wildman–Crippen LogP) is 3.73. The molecule has 9 nitrogen and oxygen atoms in total. The van der Waals surface area contributed by atoms with E-state index in [1.807, 2.05) is 37.3 Å². The minimum Gasteiger partial charge on any atom is -0.453 e. The first-order valence-electron chi connectivity index (χ1n) is 9.41. The SMILES string of the molecule is Cc1ccc(-c2nnc(CCC(=O)OC(C)c3nc(-c4cccnc4)no3)o2)cc1. The van der Waals surface area contributed by atoms with Gasteiger partial charge < -0.3 is 13.7 Å². The fraction of sp³-hybridized carbons (Fsp3) is 0.238. The number of carbonyl (C=O) groups is 1. The average molecular weight is 405 g/mol. The number of aryl methyl sites for hydroxylation is 2. The molecule has 0 aliphatic rings. The third kappa shape index (κ3) is 4.57. The van der Waals surface area contributed by atoms with Crippen molar-refractivity contribution in [2.75, 3.05) is 0 Å². The van der Waals surface area contributed by atoms with Crippen molar-refractivity contribution in [3.8, 4) is 22.8 Å². The lowest BCUT2D eigenvalue weighted by atomic mass is 10.1. The molecule has 1 atom stereocenters. The van der Waals surface area contributed by atoms with Gasteiger partial charge in [-0.05, 0) is 38.1 Å². The summed E-state index contributed by atoms with van der Waals surface area (Å²) in [7, 11) is 0. The van der Waals surface area contributed by atoms with Crippen LogP contribution in [0.15, 0.2) is 57.7 Å². The molecule has 1 aromatic carbocycles. The molecule has 152 valence electrons. The molecule has 4 rings (SSSR count). The van der Waals surface area contributed by atoms with E-state index >= 15 is 0 Å². The molecule has 1 unspecified atom stereocenters. The molecule has 3 heterocycles. The van der Waals surface area contributed by atoms with Gasteiger partial charge in [0.15, 0.2) is 6.10 Å². The Bertz CT molecular complexity index is 1120. The van der Waals surface area contributed by atoms with Crippen LogP contribution in [0.25, 0.3) is 22.8 Å². The largest absolute Gasteiger partial charge is 0.453 e. The first-order valence-corrected chi connectivity index (χ1v) is 9.41. The lowest BCUT2D eigenvalue weighted by Crippen LogP contribution is -2.10. The number of aromatic nitrogens is 5. The average Bonchev–Trinajstić information content (AvgIpc) is 3.44. The lowest BCUT2D eigenvalue weighted by Gasteiger charge is -2.08. The van der Waals surface area contributed by atoms with Gasteiger partial charge in [0.1, 0.15) is 0 Å². The summed E-state index contributed by atoms with van der Waals surface area (Å²) < 4.78 is 16.2. The third-order valence-corrected chi connectivity index (χ3v) is 4.33. The van der Waals surface area contributed by atoms with Gasteiger partial charge in [0.25, 0.3) is 5.89 Å². The van der Waals surface area contributed by atoms with Crippen LogP contribution in [-0.2, 0) is 16.0 Å². The maximum atomic E-state index is 12.2. The Morgan fingerprint density at radius 1 is 1.13 bits per heavy atom. The zero-order valence-electron chi connectivity index (χ0n) is 16.5. The summed E-state index contributed by atoms with van der Waals surface area (Å²) in [4.78, 5) is 20.5. The van der Waals surface area contributed by atoms with Crippen molar-refractivity contribution >= 4 is 5.97 Å². The highest BCUT2D eigenvalue weighted by Gasteiger charge is 2.20. The Balaban J connectivity index is 1.31. The van der Waals surface area contributed by atoms with Gasteiger partial charge in [-0.3, -0.25) is 9.78 Å². The van der Waals surface area contributed by atoms with Crippen molar-refractivity contribution < 1.29 is 18.5 Å². The van der Waals surface area contributed by atoms with E-state index in [4.69, 9.17) is 13.7 Å².